The van der Waals surface area contributed by atoms with Crippen molar-refractivity contribution < 1.29 is 0 Å². The van der Waals surface area contributed by atoms with Gasteiger partial charge in [-0.1, -0.05) is 34.1 Å². The van der Waals surface area contributed by atoms with E-state index in [0.29, 0.717) is 10.8 Å². The van der Waals surface area contributed by atoms with Gasteiger partial charge in [0, 0.05) is 0 Å². The molecule has 1 heterocycles. The zero-order valence-corrected chi connectivity index (χ0v) is 12.3. The average Bonchev–Trinajstić information content (AvgIpc) is 2.29. The fourth-order valence-electron chi connectivity index (χ4n) is 4.33. The lowest BCUT2D eigenvalue weighted by Crippen LogP contribution is -2.47. The first-order chi connectivity index (χ1) is 7.98. The summed E-state index contributed by atoms with van der Waals surface area (Å²) in [6, 6.07) is 0. The Morgan fingerprint density at radius 3 is 2.29 bits per heavy atom. The van der Waals surface area contributed by atoms with Crippen molar-refractivity contribution in [2.75, 3.05) is 13.1 Å². The van der Waals surface area contributed by atoms with Gasteiger partial charge in [-0.05, 0) is 67.9 Å². The molecule has 2 rings (SSSR count). The first-order valence-corrected chi connectivity index (χ1v) is 7.69. The number of hydrogen-bond acceptors (Lipinski definition) is 1. The molecule has 0 amide bonds. The van der Waals surface area contributed by atoms with Gasteiger partial charge in [-0.2, -0.15) is 0 Å². The molecule has 0 aromatic heterocycles. The molecule has 1 unspecified atom stereocenters. The van der Waals surface area contributed by atoms with E-state index in [9.17, 15) is 0 Å². The molecule has 1 nitrogen and oxygen atoms in total. The van der Waals surface area contributed by atoms with Gasteiger partial charge in [0.25, 0.3) is 0 Å². The molecule has 1 spiro atoms. The lowest BCUT2D eigenvalue weighted by atomic mass is 9.57. The van der Waals surface area contributed by atoms with Crippen LogP contribution in [-0.4, -0.2) is 13.1 Å². The van der Waals surface area contributed by atoms with Crippen molar-refractivity contribution in [2.24, 2.45) is 22.7 Å². The van der Waals surface area contributed by atoms with E-state index in [1.165, 1.54) is 51.6 Å². The van der Waals surface area contributed by atoms with Gasteiger partial charge in [-0.3, -0.25) is 0 Å². The molecule has 1 N–H and O–H groups in total. The summed E-state index contributed by atoms with van der Waals surface area (Å²) in [5.41, 5.74) is 1.23. The summed E-state index contributed by atoms with van der Waals surface area (Å²) in [5, 5.41) is 3.60. The van der Waals surface area contributed by atoms with E-state index in [0.717, 1.165) is 11.8 Å². The van der Waals surface area contributed by atoms with E-state index >= 15 is 0 Å². The first-order valence-electron chi connectivity index (χ1n) is 7.69. The Balaban J connectivity index is 2.00. The predicted octanol–water partition coefficient (Wildman–Crippen LogP) is 4.23. The summed E-state index contributed by atoms with van der Waals surface area (Å²) in [7, 11) is 0. The van der Waals surface area contributed by atoms with Gasteiger partial charge in [-0.25, -0.2) is 0 Å². The normalized spacial score (nSPS) is 39.5. The van der Waals surface area contributed by atoms with E-state index in [1.807, 2.05) is 0 Å². The molecule has 0 bridgehead atoms. The van der Waals surface area contributed by atoms with Gasteiger partial charge in [0.2, 0.25) is 0 Å². The second kappa shape index (κ2) is 4.91. The first kappa shape index (κ1) is 13.4. The number of hydrogen-bond donors (Lipinski definition) is 1. The molecule has 0 aromatic carbocycles. The van der Waals surface area contributed by atoms with Crippen molar-refractivity contribution in [1.82, 2.24) is 5.32 Å². The zero-order chi connectivity index (χ0) is 12.5. The molecule has 2 fully saturated rings. The maximum atomic E-state index is 3.60. The van der Waals surface area contributed by atoms with Crippen molar-refractivity contribution in [3.63, 3.8) is 0 Å². The molecule has 0 aromatic rings. The molecule has 0 radical (unpaired) electrons. The number of piperidine rings is 1. The van der Waals surface area contributed by atoms with Crippen LogP contribution in [0, 0.1) is 22.7 Å². The summed E-state index contributed by atoms with van der Waals surface area (Å²) < 4.78 is 0. The second-order valence-corrected chi connectivity index (χ2v) is 7.56. The molecule has 2 aliphatic rings. The molecule has 1 aliphatic carbocycles. The highest BCUT2D eigenvalue weighted by atomic mass is 14.9. The standard InChI is InChI=1S/C16H31N/c1-5-13-12-17-11-10-16(13)8-6-14(7-9-16)15(2,3)4/h13-14,17H,5-12H2,1-4H3. The monoisotopic (exact) mass is 237 g/mol. The minimum Gasteiger partial charge on any atom is -0.316 e. The van der Waals surface area contributed by atoms with Crippen LogP contribution in [0.5, 0.6) is 0 Å². The maximum Gasteiger partial charge on any atom is -0.00153 e. The maximum absolute atomic E-state index is 3.60. The van der Waals surface area contributed by atoms with Gasteiger partial charge in [0.05, 0.1) is 0 Å². The van der Waals surface area contributed by atoms with Gasteiger partial charge in [-0.15, -0.1) is 0 Å². The Labute approximate surface area is 108 Å². The Hall–Kier alpha value is -0.0400. The van der Waals surface area contributed by atoms with E-state index < -0.39 is 0 Å². The van der Waals surface area contributed by atoms with E-state index in [2.05, 4.69) is 33.0 Å². The smallest absolute Gasteiger partial charge is 0.00153 e. The zero-order valence-electron chi connectivity index (χ0n) is 12.3. The van der Waals surface area contributed by atoms with E-state index in [4.69, 9.17) is 0 Å². The van der Waals surface area contributed by atoms with Crippen molar-refractivity contribution >= 4 is 0 Å². The summed E-state index contributed by atoms with van der Waals surface area (Å²) in [4.78, 5) is 0. The van der Waals surface area contributed by atoms with Gasteiger partial charge >= 0.3 is 0 Å². The SMILES string of the molecule is CCC1CNCCC12CCC(C(C)(C)C)CC2. The summed E-state index contributed by atoms with van der Waals surface area (Å²) in [6.45, 7) is 12.2. The highest BCUT2D eigenvalue weighted by molar-refractivity contribution is 4.96. The Kier molecular flexibility index (Phi) is 3.87. The average molecular weight is 237 g/mol. The molecule has 1 saturated carbocycles. The van der Waals surface area contributed by atoms with Crippen LogP contribution in [0.3, 0.4) is 0 Å². The summed E-state index contributed by atoms with van der Waals surface area (Å²) in [6.07, 6.45) is 8.74. The lowest BCUT2D eigenvalue weighted by molar-refractivity contribution is 0.0143. The third-order valence-electron chi connectivity index (χ3n) is 5.76. The highest BCUT2D eigenvalue weighted by Crippen LogP contribution is 2.52. The van der Waals surface area contributed by atoms with Crippen molar-refractivity contribution in [3.8, 4) is 0 Å². The van der Waals surface area contributed by atoms with Crippen LogP contribution >= 0.6 is 0 Å². The molecule has 17 heavy (non-hydrogen) atoms. The molecule has 1 atom stereocenters. The van der Waals surface area contributed by atoms with Crippen LogP contribution in [-0.2, 0) is 0 Å². The second-order valence-electron chi connectivity index (χ2n) is 7.56. The van der Waals surface area contributed by atoms with E-state index in [-0.39, 0.29) is 0 Å². The third kappa shape index (κ3) is 2.70. The molecule has 1 heteroatoms. The highest BCUT2D eigenvalue weighted by Gasteiger charge is 2.43. The molecular weight excluding hydrogens is 206 g/mol. The van der Waals surface area contributed by atoms with Crippen molar-refractivity contribution in [1.29, 1.82) is 0 Å². The molecular formula is C16H31N. The van der Waals surface area contributed by atoms with Crippen LogP contribution in [0.15, 0.2) is 0 Å². The number of nitrogens with one attached hydrogen (secondary N) is 1. The predicted molar refractivity (Wildman–Crippen MR) is 75.1 cm³/mol. The fraction of sp³-hybridized carbons (Fsp3) is 1.00. The van der Waals surface area contributed by atoms with E-state index in [1.54, 1.807) is 0 Å². The summed E-state index contributed by atoms with van der Waals surface area (Å²) >= 11 is 0. The Morgan fingerprint density at radius 2 is 1.76 bits per heavy atom. The minimum absolute atomic E-state index is 0.524. The topological polar surface area (TPSA) is 12.0 Å². The largest absolute Gasteiger partial charge is 0.316 e. The third-order valence-corrected chi connectivity index (χ3v) is 5.76. The molecule has 1 aliphatic heterocycles. The van der Waals surface area contributed by atoms with Crippen molar-refractivity contribution in [2.45, 2.75) is 66.2 Å². The fourth-order valence-corrected chi connectivity index (χ4v) is 4.33. The van der Waals surface area contributed by atoms with Crippen molar-refractivity contribution in [3.05, 3.63) is 0 Å². The van der Waals surface area contributed by atoms with Crippen LogP contribution in [0.4, 0.5) is 0 Å². The van der Waals surface area contributed by atoms with Gasteiger partial charge in [0.1, 0.15) is 0 Å². The van der Waals surface area contributed by atoms with Crippen LogP contribution < -0.4 is 5.32 Å². The van der Waals surface area contributed by atoms with Gasteiger partial charge < -0.3 is 5.32 Å². The van der Waals surface area contributed by atoms with Crippen LogP contribution in [0.2, 0.25) is 0 Å². The lowest BCUT2D eigenvalue weighted by Gasteiger charge is -2.50. The quantitative estimate of drug-likeness (QED) is 0.719. The van der Waals surface area contributed by atoms with Crippen LogP contribution in [0.1, 0.15) is 66.2 Å². The minimum atomic E-state index is 0.524. The Morgan fingerprint density at radius 1 is 1.12 bits per heavy atom. The summed E-state index contributed by atoms with van der Waals surface area (Å²) in [5.74, 6) is 1.90. The Bertz CT molecular complexity index is 243. The number of rotatable bonds is 1. The molecule has 100 valence electrons. The van der Waals surface area contributed by atoms with Crippen LogP contribution in [0.25, 0.3) is 0 Å². The van der Waals surface area contributed by atoms with Gasteiger partial charge in [0.15, 0.2) is 0 Å². The molecule has 1 saturated heterocycles.